The van der Waals surface area contributed by atoms with Crippen LogP contribution in [0, 0.1) is 11.8 Å². The average Bonchev–Trinajstić information content (AvgIpc) is 2.89. The summed E-state index contributed by atoms with van der Waals surface area (Å²) in [6.45, 7) is 0. The molecule has 4 nitrogen and oxygen atoms in total. The maximum Gasteiger partial charge on any atom is 0.159 e. The Morgan fingerprint density at radius 1 is 0.676 bits per heavy atom. The second kappa shape index (κ2) is 15.1. The highest BCUT2D eigenvalue weighted by Crippen LogP contribution is 2.25. The first kappa shape index (κ1) is 25.7. The second-order valence-corrected chi connectivity index (χ2v) is 9.52. The van der Waals surface area contributed by atoms with Crippen LogP contribution in [0.4, 0.5) is 0 Å². The maximum atomic E-state index is 11.7. The van der Waals surface area contributed by atoms with Crippen molar-refractivity contribution in [2.45, 2.75) is 77.0 Å². The molecule has 2 fully saturated rings. The fourth-order valence-corrected chi connectivity index (χ4v) is 4.67. The van der Waals surface area contributed by atoms with Gasteiger partial charge in [0.15, 0.2) is 11.6 Å². The maximum absolute atomic E-state index is 11.7. The summed E-state index contributed by atoms with van der Waals surface area (Å²) in [7, 11) is 0. The lowest BCUT2D eigenvalue weighted by atomic mass is 9.89. The lowest BCUT2D eigenvalue weighted by Crippen LogP contribution is -2.05. The first-order chi connectivity index (χ1) is 16.7. The van der Waals surface area contributed by atoms with E-state index < -0.39 is 0 Å². The van der Waals surface area contributed by atoms with Gasteiger partial charge in [0.05, 0.1) is 0 Å². The minimum absolute atomic E-state index is 0.184. The first-order valence-electron chi connectivity index (χ1n) is 12.9. The van der Waals surface area contributed by atoms with E-state index in [2.05, 4.69) is 22.1 Å². The Bertz CT molecular complexity index is 832. The molecule has 0 spiro atoms. The summed E-state index contributed by atoms with van der Waals surface area (Å²) in [5.74, 6) is 1.62. The van der Waals surface area contributed by atoms with Crippen molar-refractivity contribution in [3.63, 3.8) is 0 Å². The van der Waals surface area contributed by atoms with Crippen LogP contribution in [0.25, 0.3) is 0 Å². The van der Waals surface area contributed by atoms with Gasteiger partial charge in [0, 0.05) is 37.6 Å². The van der Waals surface area contributed by atoms with Gasteiger partial charge in [-0.05, 0) is 72.9 Å². The zero-order valence-corrected chi connectivity index (χ0v) is 20.3. The van der Waals surface area contributed by atoms with Crippen LogP contribution in [-0.4, -0.2) is 21.5 Å². The van der Waals surface area contributed by atoms with Crippen molar-refractivity contribution in [1.29, 1.82) is 0 Å². The van der Waals surface area contributed by atoms with Crippen LogP contribution < -0.4 is 0 Å². The highest BCUT2D eigenvalue weighted by Gasteiger charge is 2.11. The Hall–Kier alpha value is -2.88. The summed E-state index contributed by atoms with van der Waals surface area (Å²) in [5.41, 5.74) is 1.98. The molecule has 0 atom stereocenters. The molecule has 0 radical (unpaired) electrons. The molecular formula is C30H38N2O2. The van der Waals surface area contributed by atoms with Crippen molar-refractivity contribution >= 4 is 11.6 Å². The fraction of sp³-hybridized carbons (Fsp3) is 0.467. The molecule has 0 unspecified atom stereocenters. The van der Waals surface area contributed by atoms with Gasteiger partial charge < -0.3 is 0 Å². The topological polar surface area (TPSA) is 59.9 Å². The molecule has 0 bridgehead atoms. The van der Waals surface area contributed by atoms with Crippen LogP contribution >= 0.6 is 0 Å². The van der Waals surface area contributed by atoms with Crippen LogP contribution in [0.15, 0.2) is 73.4 Å². The number of carbonyl (C=O) groups is 2. The third kappa shape index (κ3) is 10.4. The first-order valence-corrected chi connectivity index (χ1v) is 12.9. The van der Waals surface area contributed by atoms with Gasteiger partial charge in [-0.3, -0.25) is 19.6 Å². The van der Waals surface area contributed by atoms with Crippen molar-refractivity contribution < 1.29 is 9.59 Å². The Labute approximate surface area is 204 Å². The fourth-order valence-electron chi connectivity index (χ4n) is 4.67. The van der Waals surface area contributed by atoms with Gasteiger partial charge in [-0.15, -0.1) is 0 Å². The van der Waals surface area contributed by atoms with Gasteiger partial charge in [0.2, 0.25) is 0 Å². The molecule has 34 heavy (non-hydrogen) atoms. The summed E-state index contributed by atoms with van der Waals surface area (Å²) in [6.07, 6.45) is 28.6. The Balaban J connectivity index is 0.000000191. The zero-order valence-electron chi connectivity index (χ0n) is 20.3. The third-order valence-corrected chi connectivity index (χ3v) is 6.61. The largest absolute Gasteiger partial charge is 0.294 e. The lowest BCUT2D eigenvalue weighted by Gasteiger charge is -2.17. The van der Waals surface area contributed by atoms with Crippen LogP contribution in [-0.2, 0) is 22.4 Å². The number of rotatable bonds is 8. The molecular weight excluding hydrogens is 420 g/mol. The summed E-state index contributed by atoms with van der Waals surface area (Å²) >= 11 is 0. The van der Waals surface area contributed by atoms with Gasteiger partial charge in [-0.25, -0.2) is 0 Å². The molecule has 2 heterocycles. The highest BCUT2D eigenvalue weighted by atomic mass is 16.1. The number of nitrogens with zero attached hydrogens (tertiary/aromatic N) is 2. The predicted octanol–water partition coefficient (Wildman–Crippen LogP) is 6.66. The molecule has 0 amide bonds. The summed E-state index contributed by atoms with van der Waals surface area (Å²) in [6, 6.07) is 7.62. The normalized spacial score (nSPS) is 17.4. The SMILES string of the molecule is O=C(C=CC1CCCCC1)Cc1cccnc1.O=C(C=CC1CCCCC1)Cc1cccnc1. The van der Waals surface area contributed by atoms with E-state index in [1.165, 1.54) is 64.2 Å². The van der Waals surface area contributed by atoms with Crippen LogP contribution in [0.2, 0.25) is 0 Å². The Kier molecular flexibility index (Phi) is 11.4. The number of hydrogen-bond acceptors (Lipinski definition) is 4. The molecule has 0 N–H and O–H groups in total. The number of hydrogen-bond donors (Lipinski definition) is 0. The molecule has 2 aromatic rings. The van der Waals surface area contributed by atoms with Gasteiger partial charge >= 0.3 is 0 Å². The van der Waals surface area contributed by atoms with Crippen molar-refractivity contribution in [2.75, 3.05) is 0 Å². The molecule has 0 aromatic carbocycles. The summed E-state index contributed by atoms with van der Waals surface area (Å²) in [4.78, 5) is 31.5. The van der Waals surface area contributed by atoms with Crippen molar-refractivity contribution in [1.82, 2.24) is 9.97 Å². The Morgan fingerprint density at radius 2 is 1.09 bits per heavy atom. The lowest BCUT2D eigenvalue weighted by molar-refractivity contribution is -0.114. The van der Waals surface area contributed by atoms with Crippen LogP contribution in [0.5, 0.6) is 0 Å². The van der Waals surface area contributed by atoms with E-state index in [9.17, 15) is 9.59 Å². The van der Waals surface area contributed by atoms with Crippen molar-refractivity contribution in [3.8, 4) is 0 Å². The molecule has 180 valence electrons. The zero-order chi connectivity index (χ0) is 23.8. The summed E-state index contributed by atoms with van der Waals surface area (Å²) in [5, 5.41) is 0. The van der Waals surface area contributed by atoms with Crippen molar-refractivity contribution in [2.24, 2.45) is 11.8 Å². The van der Waals surface area contributed by atoms with E-state index in [4.69, 9.17) is 0 Å². The summed E-state index contributed by atoms with van der Waals surface area (Å²) < 4.78 is 0. The molecule has 2 saturated carbocycles. The Morgan fingerprint density at radius 3 is 1.44 bits per heavy atom. The number of ketones is 2. The molecule has 2 aromatic heterocycles. The second-order valence-electron chi connectivity index (χ2n) is 9.52. The number of aromatic nitrogens is 2. The predicted molar refractivity (Wildman–Crippen MR) is 137 cm³/mol. The molecule has 2 aliphatic carbocycles. The van der Waals surface area contributed by atoms with E-state index >= 15 is 0 Å². The minimum Gasteiger partial charge on any atom is -0.294 e. The highest BCUT2D eigenvalue weighted by molar-refractivity contribution is 5.91. The third-order valence-electron chi connectivity index (χ3n) is 6.61. The van der Waals surface area contributed by atoms with E-state index in [1.807, 2.05) is 24.3 Å². The van der Waals surface area contributed by atoms with E-state index in [1.54, 1.807) is 36.9 Å². The molecule has 4 rings (SSSR count). The van der Waals surface area contributed by atoms with Crippen molar-refractivity contribution in [3.05, 3.63) is 84.5 Å². The molecule has 0 aliphatic heterocycles. The minimum atomic E-state index is 0.184. The van der Waals surface area contributed by atoms with E-state index in [0.717, 1.165) is 11.1 Å². The molecule has 2 aliphatic rings. The van der Waals surface area contributed by atoms with Gasteiger partial charge in [0.1, 0.15) is 0 Å². The monoisotopic (exact) mass is 458 g/mol. The van der Waals surface area contributed by atoms with Gasteiger partial charge in [0.25, 0.3) is 0 Å². The number of allylic oxidation sites excluding steroid dienone is 4. The van der Waals surface area contributed by atoms with Gasteiger partial charge in [-0.2, -0.15) is 0 Å². The van der Waals surface area contributed by atoms with E-state index in [0.29, 0.717) is 24.7 Å². The van der Waals surface area contributed by atoms with Gasteiger partial charge in [-0.1, -0.05) is 62.8 Å². The molecule has 0 saturated heterocycles. The quantitative estimate of drug-likeness (QED) is 0.415. The van der Waals surface area contributed by atoms with Crippen LogP contribution in [0.1, 0.15) is 75.3 Å². The number of carbonyl (C=O) groups excluding carboxylic acids is 2. The smallest absolute Gasteiger partial charge is 0.159 e. The van der Waals surface area contributed by atoms with Crippen LogP contribution in [0.3, 0.4) is 0 Å². The number of pyridine rings is 2. The average molecular weight is 459 g/mol. The van der Waals surface area contributed by atoms with E-state index in [-0.39, 0.29) is 11.6 Å². The standard InChI is InChI=1S/2C15H19NO/c2*17-15(11-14-7-4-10-16-12-14)9-8-13-5-2-1-3-6-13/h2*4,7-10,12-13H,1-3,5-6,11H2. The molecule has 4 heteroatoms.